The van der Waals surface area contributed by atoms with Gasteiger partial charge in [0, 0.05) is 12.1 Å². The van der Waals surface area contributed by atoms with Crippen LogP contribution in [0, 0.1) is 10.1 Å². The zero-order chi connectivity index (χ0) is 18.6. The van der Waals surface area contributed by atoms with Gasteiger partial charge in [-0.1, -0.05) is 11.6 Å². The van der Waals surface area contributed by atoms with Crippen molar-refractivity contribution >= 4 is 17.3 Å². The Morgan fingerprint density at radius 1 is 1.12 bits per heavy atom. The molecule has 2 aromatic carbocycles. The van der Waals surface area contributed by atoms with Gasteiger partial charge in [0.25, 0.3) is 0 Å². The van der Waals surface area contributed by atoms with Crippen molar-refractivity contribution in [3.63, 3.8) is 0 Å². The van der Waals surface area contributed by atoms with Crippen molar-refractivity contribution in [2.24, 2.45) is 0 Å². The van der Waals surface area contributed by atoms with E-state index in [0.717, 1.165) is 24.3 Å². The van der Waals surface area contributed by atoms with Gasteiger partial charge in [-0.05, 0) is 24.3 Å². The first kappa shape index (κ1) is 18.8. The van der Waals surface area contributed by atoms with Crippen molar-refractivity contribution in [2.45, 2.75) is 6.18 Å². The van der Waals surface area contributed by atoms with Crippen LogP contribution in [0.15, 0.2) is 36.4 Å². The maximum Gasteiger partial charge on any atom is 0.416 e. The summed E-state index contributed by atoms with van der Waals surface area (Å²) < 4.78 is 60.3. The highest BCUT2D eigenvalue weighted by molar-refractivity contribution is 6.32. The molecule has 5 nitrogen and oxygen atoms in total. The van der Waals surface area contributed by atoms with E-state index in [-0.39, 0.29) is 22.3 Å². The number of hydrogen-bond acceptors (Lipinski definition) is 4. The molecule has 0 unspecified atom stereocenters. The molecule has 0 aliphatic rings. The number of ether oxygens (including phenoxy) is 2. The highest BCUT2D eigenvalue weighted by atomic mass is 35.5. The average molecular weight is 380 g/mol. The summed E-state index contributed by atoms with van der Waals surface area (Å²) >= 11 is 5.78. The van der Waals surface area contributed by atoms with Crippen LogP contribution in [-0.2, 0) is 6.18 Å². The van der Waals surface area contributed by atoms with E-state index in [1.54, 1.807) is 0 Å². The minimum absolute atomic E-state index is 0.0288. The molecule has 0 saturated heterocycles. The quantitative estimate of drug-likeness (QED) is 0.382. The van der Waals surface area contributed by atoms with Crippen molar-refractivity contribution in [3.8, 4) is 17.2 Å². The SMILES string of the molecule is O=[N+]([O-])c1ccc(Oc2ccc(C(F)(F)F)cc2Cl)cc1OCCF. The summed E-state index contributed by atoms with van der Waals surface area (Å²) in [4.78, 5) is 10.2. The molecule has 134 valence electrons. The number of benzene rings is 2. The fraction of sp³-hybridized carbons (Fsp3) is 0.200. The van der Waals surface area contributed by atoms with Crippen LogP contribution in [0.25, 0.3) is 0 Å². The van der Waals surface area contributed by atoms with Gasteiger partial charge in [-0.15, -0.1) is 0 Å². The maximum absolute atomic E-state index is 12.6. The van der Waals surface area contributed by atoms with Crippen molar-refractivity contribution < 1.29 is 32.0 Å². The number of nitro benzene ring substituents is 1. The predicted molar refractivity (Wildman–Crippen MR) is 81.1 cm³/mol. The minimum Gasteiger partial charge on any atom is -0.484 e. The Balaban J connectivity index is 2.29. The second-order valence-corrected chi connectivity index (χ2v) is 5.08. The second-order valence-electron chi connectivity index (χ2n) is 4.67. The molecule has 2 rings (SSSR count). The van der Waals surface area contributed by atoms with Crippen LogP contribution >= 0.6 is 11.6 Å². The zero-order valence-corrected chi connectivity index (χ0v) is 13.1. The van der Waals surface area contributed by atoms with Crippen molar-refractivity contribution in [2.75, 3.05) is 13.3 Å². The number of halogens is 5. The van der Waals surface area contributed by atoms with Crippen LogP contribution in [0.1, 0.15) is 5.56 Å². The van der Waals surface area contributed by atoms with Crippen molar-refractivity contribution in [1.82, 2.24) is 0 Å². The topological polar surface area (TPSA) is 61.6 Å². The molecule has 10 heteroatoms. The van der Waals surface area contributed by atoms with Gasteiger partial charge in [-0.25, -0.2) is 4.39 Å². The molecule has 0 amide bonds. The normalized spacial score (nSPS) is 11.2. The number of alkyl halides is 4. The predicted octanol–water partition coefficient (Wildman–Crippen LogP) is 5.41. The van der Waals surface area contributed by atoms with Crippen molar-refractivity contribution in [3.05, 3.63) is 57.1 Å². The van der Waals surface area contributed by atoms with Gasteiger partial charge in [0.05, 0.1) is 15.5 Å². The Kier molecular flexibility index (Phi) is 5.68. The van der Waals surface area contributed by atoms with Gasteiger partial charge in [-0.3, -0.25) is 10.1 Å². The van der Waals surface area contributed by atoms with E-state index < -0.39 is 35.6 Å². The van der Waals surface area contributed by atoms with E-state index in [4.69, 9.17) is 21.1 Å². The van der Waals surface area contributed by atoms with Gasteiger partial charge in [0.15, 0.2) is 0 Å². The summed E-state index contributed by atoms with van der Waals surface area (Å²) in [6, 6.07) is 5.92. The van der Waals surface area contributed by atoms with Gasteiger partial charge in [0.1, 0.15) is 24.8 Å². The summed E-state index contributed by atoms with van der Waals surface area (Å²) in [5.74, 6) is -0.288. The van der Waals surface area contributed by atoms with E-state index in [1.165, 1.54) is 6.07 Å². The van der Waals surface area contributed by atoms with E-state index in [1.807, 2.05) is 0 Å². The fourth-order valence-electron chi connectivity index (χ4n) is 1.86. The third kappa shape index (κ3) is 4.72. The molecule has 0 aromatic heterocycles. The van der Waals surface area contributed by atoms with Crippen LogP contribution in [0.2, 0.25) is 5.02 Å². The lowest BCUT2D eigenvalue weighted by Crippen LogP contribution is -2.04. The van der Waals surface area contributed by atoms with Gasteiger partial charge < -0.3 is 9.47 Å². The third-order valence-corrected chi connectivity index (χ3v) is 3.25. The van der Waals surface area contributed by atoms with Crippen LogP contribution in [-0.4, -0.2) is 18.2 Å². The minimum atomic E-state index is -4.55. The Morgan fingerprint density at radius 2 is 1.84 bits per heavy atom. The van der Waals surface area contributed by atoms with E-state index >= 15 is 0 Å². The highest BCUT2D eigenvalue weighted by Crippen LogP contribution is 2.38. The summed E-state index contributed by atoms with van der Waals surface area (Å²) in [6.45, 7) is -1.25. The first-order valence-electron chi connectivity index (χ1n) is 6.74. The number of nitro groups is 1. The Hall–Kier alpha value is -2.55. The zero-order valence-electron chi connectivity index (χ0n) is 12.3. The standard InChI is InChI=1S/C15H10ClF4NO4/c16-11-7-9(15(18,19)20)1-4-13(11)25-10-2-3-12(21(22)23)14(8-10)24-6-5-17/h1-4,7-8H,5-6H2. The number of rotatable bonds is 6. The molecule has 0 aliphatic carbocycles. The van der Waals surface area contributed by atoms with Crippen LogP contribution in [0.3, 0.4) is 0 Å². The summed E-state index contributed by atoms with van der Waals surface area (Å²) in [7, 11) is 0. The lowest BCUT2D eigenvalue weighted by Gasteiger charge is -2.12. The van der Waals surface area contributed by atoms with Gasteiger partial charge in [-0.2, -0.15) is 13.2 Å². The lowest BCUT2D eigenvalue weighted by atomic mass is 10.2. The number of hydrogen-bond donors (Lipinski definition) is 0. The van der Waals surface area contributed by atoms with E-state index in [0.29, 0.717) is 6.07 Å². The molecule has 0 radical (unpaired) electrons. The first-order valence-corrected chi connectivity index (χ1v) is 7.12. The van der Waals surface area contributed by atoms with Gasteiger partial charge in [0.2, 0.25) is 5.75 Å². The van der Waals surface area contributed by atoms with Crippen LogP contribution in [0.4, 0.5) is 23.2 Å². The summed E-state index contributed by atoms with van der Waals surface area (Å²) in [6.07, 6.45) is -4.55. The first-order chi connectivity index (χ1) is 11.7. The molecule has 0 spiro atoms. The molecule has 25 heavy (non-hydrogen) atoms. The lowest BCUT2D eigenvalue weighted by molar-refractivity contribution is -0.385. The molecular weight excluding hydrogens is 370 g/mol. The fourth-order valence-corrected chi connectivity index (χ4v) is 2.08. The molecule has 0 heterocycles. The largest absolute Gasteiger partial charge is 0.484 e. The Labute approximate surface area is 143 Å². The molecule has 0 bridgehead atoms. The third-order valence-electron chi connectivity index (χ3n) is 2.95. The molecule has 0 aliphatic heterocycles. The van der Waals surface area contributed by atoms with Crippen LogP contribution < -0.4 is 9.47 Å². The molecule has 0 saturated carbocycles. The van der Waals surface area contributed by atoms with Gasteiger partial charge >= 0.3 is 11.9 Å². The molecule has 0 atom stereocenters. The Morgan fingerprint density at radius 3 is 2.40 bits per heavy atom. The van der Waals surface area contributed by atoms with Crippen LogP contribution in [0.5, 0.6) is 17.2 Å². The Bertz CT molecular complexity index is 783. The average Bonchev–Trinajstić information content (AvgIpc) is 2.53. The molecular formula is C15H10ClF4NO4. The maximum atomic E-state index is 12.6. The molecule has 0 N–H and O–H groups in total. The monoisotopic (exact) mass is 379 g/mol. The number of nitrogens with zero attached hydrogens (tertiary/aromatic N) is 1. The van der Waals surface area contributed by atoms with E-state index in [9.17, 15) is 27.7 Å². The van der Waals surface area contributed by atoms with Crippen molar-refractivity contribution in [1.29, 1.82) is 0 Å². The summed E-state index contributed by atoms with van der Waals surface area (Å²) in [5.41, 5.74) is -1.35. The molecule has 0 fully saturated rings. The summed E-state index contributed by atoms with van der Waals surface area (Å²) in [5, 5.41) is 10.6. The highest BCUT2D eigenvalue weighted by Gasteiger charge is 2.31. The molecule has 2 aromatic rings. The van der Waals surface area contributed by atoms with E-state index in [2.05, 4.69) is 0 Å². The second kappa shape index (κ2) is 7.56. The smallest absolute Gasteiger partial charge is 0.416 e.